The maximum Gasteiger partial charge on any atom is 0.0203 e. The van der Waals surface area contributed by atoms with Crippen LogP contribution in [-0.4, -0.2) is 5.54 Å². The van der Waals surface area contributed by atoms with Crippen LogP contribution in [0.2, 0.25) is 0 Å². The first-order chi connectivity index (χ1) is 8.49. The number of hydrogen-bond acceptors (Lipinski definition) is 1. The quantitative estimate of drug-likeness (QED) is 0.473. The van der Waals surface area contributed by atoms with Crippen LogP contribution in [-0.2, 0) is 0 Å². The monoisotopic (exact) mass is 255 g/mol. The Morgan fingerprint density at radius 2 is 1.22 bits per heavy atom. The molecule has 0 aromatic carbocycles. The van der Waals surface area contributed by atoms with Gasteiger partial charge in [-0.25, -0.2) is 0 Å². The first-order valence-corrected chi connectivity index (χ1v) is 8.28. The van der Waals surface area contributed by atoms with E-state index in [-0.39, 0.29) is 5.54 Å². The minimum absolute atomic E-state index is 0.0329. The van der Waals surface area contributed by atoms with E-state index in [1.54, 1.807) is 0 Å². The predicted molar refractivity (Wildman–Crippen MR) is 83.9 cm³/mol. The average Bonchev–Trinajstić information content (AvgIpc) is 2.41. The molecule has 0 saturated carbocycles. The highest BCUT2D eigenvalue weighted by Gasteiger charge is 2.40. The number of hydrogen-bond donors (Lipinski definition) is 1. The molecule has 18 heavy (non-hydrogen) atoms. The van der Waals surface area contributed by atoms with E-state index in [4.69, 9.17) is 5.73 Å². The Balaban J connectivity index is 4.15. The van der Waals surface area contributed by atoms with Crippen LogP contribution in [0.15, 0.2) is 0 Å². The molecule has 0 rings (SSSR count). The summed E-state index contributed by atoms with van der Waals surface area (Å²) < 4.78 is 0. The smallest absolute Gasteiger partial charge is 0.0203 e. The molecule has 1 atom stereocenters. The fourth-order valence-corrected chi connectivity index (χ4v) is 3.18. The molecular weight excluding hydrogens is 218 g/mol. The van der Waals surface area contributed by atoms with E-state index in [0.29, 0.717) is 5.41 Å². The van der Waals surface area contributed by atoms with Gasteiger partial charge in [-0.15, -0.1) is 0 Å². The van der Waals surface area contributed by atoms with Gasteiger partial charge in [-0.3, -0.25) is 0 Å². The fourth-order valence-electron chi connectivity index (χ4n) is 3.18. The highest BCUT2D eigenvalue weighted by Crippen LogP contribution is 2.42. The van der Waals surface area contributed by atoms with E-state index in [2.05, 4.69) is 34.6 Å². The normalized spacial score (nSPS) is 15.7. The zero-order valence-electron chi connectivity index (χ0n) is 13.6. The van der Waals surface area contributed by atoms with Crippen molar-refractivity contribution < 1.29 is 0 Å². The van der Waals surface area contributed by atoms with Crippen LogP contribution in [0.4, 0.5) is 0 Å². The van der Waals surface area contributed by atoms with Gasteiger partial charge in [0, 0.05) is 5.54 Å². The fraction of sp³-hybridized carbons (Fsp3) is 1.00. The zero-order chi connectivity index (χ0) is 14.1. The van der Waals surface area contributed by atoms with Crippen LogP contribution >= 0.6 is 0 Å². The summed E-state index contributed by atoms with van der Waals surface area (Å²) in [5.74, 6) is 0. The molecule has 0 aliphatic rings. The second kappa shape index (κ2) is 8.96. The summed E-state index contributed by atoms with van der Waals surface area (Å²) in [6.07, 6.45) is 13.0. The Bertz CT molecular complexity index is 196. The Labute approximate surface area is 116 Å². The lowest BCUT2D eigenvalue weighted by Gasteiger charge is -2.46. The van der Waals surface area contributed by atoms with Gasteiger partial charge in [0.15, 0.2) is 0 Å². The van der Waals surface area contributed by atoms with E-state index >= 15 is 0 Å². The molecule has 2 N–H and O–H groups in total. The Kier molecular flexibility index (Phi) is 8.94. The third-order valence-corrected chi connectivity index (χ3v) is 5.33. The van der Waals surface area contributed by atoms with Gasteiger partial charge in [-0.2, -0.15) is 0 Å². The summed E-state index contributed by atoms with van der Waals surface area (Å²) in [5.41, 5.74) is 7.00. The summed E-state index contributed by atoms with van der Waals surface area (Å²) in [4.78, 5) is 0. The summed E-state index contributed by atoms with van der Waals surface area (Å²) in [7, 11) is 0. The first kappa shape index (κ1) is 18.0. The standard InChI is InChI=1S/C17H37N/c1-6-10-11-12-13-14-15-16(5,7-2)17(18,8-3)9-4/h6-15,18H2,1-5H3. The molecule has 1 unspecified atom stereocenters. The lowest BCUT2D eigenvalue weighted by atomic mass is 9.64. The van der Waals surface area contributed by atoms with Crippen molar-refractivity contribution in [2.75, 3.05) is 0 Å². The topological polar surface area (TPSA) is 26.0 Å². The van der Waals surface area contributed by atoms with Crippen LogP contribution in [0.25, 0.3) is 0 Å². The molecule has 0 aliphatic carbocycles. The maximum atomic E-state index is 6.65. The number of unbranched alkanes of at least 4 members (excludes halogenated alkanes) is 5. The van der Waals surface area contributed by atoms with Crippen molar-refractivity contribution >= 4 is 0 Å². The molecule has 0 bridgehead atoms. The van der Waals surface area contributed by atoms with Gasteiger partial charge in [-0.05, 0) is 31.1 Å². The molecule has 0 aliphatic heterocycles. The summed E-state index contributed by atoms with van der Waals surface area (Å²) in [6, 6.07) is 0. The largest absolute Gasteiger partial charge is 0.325 e. The van der Waals surface area contributed by atoms with E-state index in [9.17, 15) is 0 Å². The van der Waals surface area contributed by atoms with Crippen molar-refractivity contribution in [1.29, 1.82) is 0 Å². The molecule has 110 valence electrons. The Hall–Kier alpha value is -0.0400. The van der Waals surface area contributed by atoms with E-state index in [0.717, 1.165) is 12.8 Å². The van der Waals surface area contributed by atoms with Gasteiger partial charge in [-0.1, -0.05) is 73.1 Å². The molecule has 0 aromatic rings. The van der Waals surface area contributed by atoms with Gasteiger partial charge < -0.3 is 5.73 Å². The third-order valence-electron chi connectivity index (χ3n) is 5.33. The Morgan fingerprint density at radius 1 is 0.722 bits per heavy atom. The second-order valence-corrected chi connectivity index (χ2v) is 6.30. The summed E-state index contributed by atoms with van der Waals surface area (Å²) in [5, 5.41) is 0. The van der Waals surface area contributed by atoms with E-state index in [1.807, 2.05) is 0 Å². The molecule has 1 nitrogen and oxygen atoms in total. The van der Waals surface area contributed by atoms with E-state index < -0.39 is 0 Å². The maximum absolute atomic E-state index is 6.65. The van der Waals surface area contributed by atoms with Crippen molar-refractivity contribution in [3.8, 4) is 0 Å². The van der Waals surface area contributed by atoms with Gasteiger partial charge in [0.25, 0.3) is 0 Å². The van der Waals surface area contributed by atoms with Gasteiger partial charge in [0.05, 0.1) is 0 Å². The molecule has 0 amide bonds. The van der Waals surface area contributed by atoms with E-state index in [1.165, 1.54) is 51.4 Å². The molecule has 0 spiro atoms. The molecular formula is C17H37N. The molecule has 0 aromatic heterocycles. The lowest BCUT2D eigenvalue weighted by molar-refractivity contribution is 0.107. The minimum Gasteiger partial charge on any atom is -0.325 e. The Morgan fingerprint density at radius 3 is 1.67 bits per heavy atom. The number of nitrogens with two attached hydrogens (primary N) is 1. The van der Waals surface area contributed by atoms with Crippen LogP contribution in [0.5, 0.6) is 0 Å². The highest BCUT2D eigenvalue weighted by molar-refractivity contribution is 4.97. The molecule has 1 heteroatoms. The van der Waals surface area contributed by atoms with Crippen LogP contribution in [0, 0.1) is 5.41 Å². The van der Waals surface area contributed by atoms with Crippen molar-refractivity contribution in [2.45, 2.75) is 104 Å². The van der Waals surface area contributed by atoms with Gasteiger partial charge in [0.2, 0.25) is 0 Å². The average molecular weight is 255 g/mol. The van der Waals surface area contributed by atoms with Gasteiger partial charge >= 0.3 is 0 Å². The van der Waals surface area contributed by atoms with Crippen molar-refractivity contribution in [2.24, 2.45) is 11.1 Å². The zero-order valence-corrected chi connectivity index (χ0v) is 13.6. The predicted octanol–water partition coefficient (Wildman–Crippen LogP) is 5.67. The highest BCUT2D eigenvalue weighted by atomic mass is 14.8. The van der Waals surface area contributed by atoms with Crippen molar-refractivity contribution in [3.63, 3.8) is 0 Å². The van der Waals surface area contributed by atoms with Crippen LogP contribution in [0.1, 0.15) is 98.8 Å². The van der Waals surface area contributed by atoms with Gasteiger partial charge in [0.1, 0.15) is 0 Å². The van der Waals surface area contributed by atoms with Crippen molar-refractivity contribution in [3.05, 3.63) is 0 Å². The molecule has 0 saturated heterocycles. The molecule has 0 heterocycles. The third kappa shape index (κ3) is 4.91. The lowest BCUT2D eigenvalue weighted by Crippen LogP contribution is -2.53. The first-order valence-electron chi connectivity index (χ1n) is 8.28. The van der Waals surface area contributed by atoms with Crippen LogP contribution < -0.4 is 5.73 Å². The van der Waals surface area contributed by atoms with Crippen molar-refractivity contribution in [1.82, 2.24) is 0 Å². The SMILES string of the molecule is CCCCCCCCC(C)(CC)C(N)(CC)CC. The van der Waals surface area contributed by atoms with Crippen LogP contribution in [0.3, 0.4) is 0 Å². The minimum atomic E-state index is 0.0329. The second-order valence-electron chi connectivity index (χ2n) is 6.30. The summed E-state index contributed by atoms with van der Waals surface area (Å²) >= 11 is 0. The molecule has 0 radical (unpaired) electrons. The number of rotatable bonds is 11. The summed E-state index contributed by atoms with van der Waals surface area (Å²) in [6.45, 7) is 11.5. The molecule has 0 fully saturated rings.